The van der Waals surface area contributed by atoms with Gasteiger partial charge in [0.25, 0.3) is 0 Å². The number of rotatable bonds is 4. The number of aliphatic imine (C=N–C) groups is 1. The molecule has 0 bridgehead atoms. The zero-order chi connectivity index (χ0) is 18.4. The third-order valence-corrected chi connectivity index (χ3v) is 5.43. The fourth-order valence-corrected chi connectivity index (χ4v) is 3.73. The summed E-state index contributed by atoms with van der Waals surface area (Å²) in [5.74, 6) is 1.23. The number of guanidine groups is 1. The van der Waals surface area contributed by atoms with E-state index in [1.807, 2.05) is 11.9 Å². The van der Waals surface area contributed by atoms with Crippen LogP contribution in [0.2, 0.25) is 0 Å². The number of hydrogen-bond acceptors (Lipinski definition) is 3. The number of amides is 1. The second kappa shape index (κ2) is 9.07. The first-order valence-corrected chi connectivity index (χ1v) is 9.73. The Kier molecular flexibility index (Phi) is 6.55. The number of carbonyl (C=O) groups excluding carboxylic acids is 1. The van der Waals surface area contributed by atoms with Crippen LogP contribution >= 0.6 is 0 Å². The van der Waals surface area contributed by atoms with Crippen molar-refractivity contribution >= 4 is 11.9 Å². The number of nitrogens with zero attached hydrogens (tertiary/aromatic N) is 5. The number of nitrogens with one attached hydrogen (secondary N) is 1. The van der Waals surface area contributed by atoms with E-state index in [4.69, 9.17) is 0 Å². The van der Waals surface area contributed by atoms with E-state index in [9.17, 15) is 4.79 Å². The van der Waals surface area contributed by atoms with Crippen LogP contribution in [0.25, 0.3) is 0 Å². The number of piperidine rings is 1. The monoisotopic (exact) mass is 360 g/mol. The van der Waals surface area contributed by atoms with E-state index in [-0.39, 0.29) is 0 Å². The fraction of sp³-hybridized carbons (Fsp3) is 0.684. The fourth-order valence-electron chi connectivity index (χ4n) is 3.73. The average molecular weight is 361 g/mol. The van der Waals surface area contributed by atoms with Gasteiger partial charge in [-0.15, -0.1) is 0 Å². The van der Waals surface area contributed by atoms with Gasteiger partial charge in [0.15, 0.2) is 5.96 Å². The van der Waals surface area contributed by atoms with Gasteiger partial charge in [-0.05, 0) is 31.4 Å². The van der Waals surface area contributed by atoms with Crippen LogP contribution in [0, 0.1) is 0 Å². The quantitative estimate of drug-likeness (QED) is 0.635. The SMILES string of the molecule is CN=C(NCc1cccn1C)N1CCN(CC(=O)N2CCCCC2)CC1. The Hall–Kier alpha value is -2.02. The number of aromatic nitrogens is 1. The molecule has 0 aromatic carbocycles. The third-order valence-electron chi connectivity index (χ3n) is 5.43. The molecule has 2 fully saturated rings. The van der Waals surface area contributed by atoms with E-state index in [1.165, 1.54) is 12.1 Å². The van der Waals surface area contributed by atoms with E-state index in [0.29, 0.717) is 12.5 Å². The van der Waals surface area contributed by atoms with E-state index in [2.05, 4.69) is 50.1 Å². The molecule has 3 rings (SSSR count). The maximum Gasteiger partial charge on any atom is 0.236 e. The molecule has 1 aromatic heterocycles. The van der Waals surface area contributed by atoms with Crippen LogP contribution in [0.1, 0.15) is 25.0 Å². The number of piperazine rings is 1. The summed E-state index contributed by atoms with van der Waals surface area (Å²) >= 11 is 0. The number of aryl methyl sites for hydroxylation is 1. The summed E-state index contributed by atoms with van der Waals surface area (Å²) in [6, 6.07) is 4.17. The van der Waals surface area contributed by atoms with E-state index in [0.717, 1.165) is 64.6 Å². The maximum atomic E-state index is 12.4. The molecule has 7 heteroatoms. The average Bonchev–Trinajstić information content (AvgIpc) is 3.09. The zero-order valence-electron chi connectivity index (χ0n) is 16.2. The summed E-state index contributed by atoms with van der Waals surface area (Å²) in [6.45, 7) is 6.82. The maximum absolute atomic E-state index is 12.4. The van der Waals surface area contributed by atoms with Gasteiger partial charge in [0.05, 0.1) is 13.1 Å². The van der Waals surface area contributed by atoms with Crippen LogP contribution in [0.5, 0.6) is 0 Å². The van der Waals surface area contributed by atoms with Crippen LogP contribution in [-0.4, -0.2) is 84.0 Å². The molecule has 1 amide bonds. The minimum atomic E-state index is 0.296. The van der Waals surface area contributed by atoms with Gasteiger partial charge >= 0.3 is 0 Å². The van der Waals surface area contributed by atoms with Crippen LogP contribution < -0.4 is 5.32 Å². The van der Waals surface area contributed by atoms with Gasteiger partial charge in [-0.25, -0.2) is 0 Å². The molecule has 0 unspecified atom stereocenters. The minimum absolute atomic E-state index is 0.296. The highest BCUT2D eigenvalue weighted by atomic mass is 16.2. The van der Waals surface area contributed by atoms with Crippen molar-refractivity contribution in [2.45, 2.75) is 25.8 Å². The van der Waals surface area contributed by atoms with E-state index >= 15 is 0 Å². The molecule has 2 aliphatic heterocycles. The first-order valence-electron chi connectivity index (χ1n) is 9.73. The Bertz CT molecular complexity index is 611. The second-order valence-electron chi connectivity index (χ2n) is 7.22. The van der Waals surface area contributed by atoms with Crippen molar-refractivity contribution < 1.29 is 4.79 Å². The summed E-state index contributed by atoms with van der Waals surface area (Å²) in [4.78, 5) is 23.5. The number of hydrogen-bond donors (Lipinski definition) is 1. The lowest BCUT2D eigenvalue weighted by atomic mass is 10.1. The molecule has 0 radical (unpaired) electrons. The highest BCUT2D eigenvalue weighted by Gasteiger charge is 2.24. The number of carbonyl (C=O) groups is 1. The van der Waals surface area contributed by atoms with Gasteiger partial charge in [-0.2, -0.15) is 0 Å². The summed E-state index contributed by atoms with van der Waals surface area (Å²) in [6.07, 6.45) is 5.63. The predicted octanol–water partition coefficient (Wildman–Crippen LogP) is 0.731. The number of likely N-dealkylation sites (tertiary alicyclic amines) is 1. The zero-order valence-corrected chi connectivity index (χ0v) is 16.2. The van der Waals surface area contributed by atoms with Crippen LogP contribution in [-0.2, 0) is 18.4 Å². The van der Waals surface area contributed by atoms with Crippen LogP contribution in [0.4, 0.5) is 0 Å². The molecule has 1 N–H and O–H groups in total. The molecule has 0 spiro atoms. The van der Waals surface area contributed by atoms with Crippen molar-refractivity contribution in [1.29, 1.82) is 0 Å². The molecular weight excluding hydrogens is 328 g/mol. The van der Waals surface area contributed by atoms with Crippen molar-refractivity contribution in [1.82, 2.24) is 24.6 Å². The first-order chi connectivity index (χ1) is 12.7. The molecule has 0 atom stereocenters. The molecule has 0 aliphatic carbocycles. The summed E-state index contributed by atoms with van der Waals surface area (Å²) in [7, 11) is 3.89. The topological polar surface area (TPSA) is 56.1 Å². The predicted molar refractivity (Wildman–Crippen MR) is 104 cm³/mol. The van der Waals surface area contributed by atoms with Gasteiger partial charge in [-0.1, -0.05) is 0 Å². The van der Waals surface area contributed by atoms with Gasteiger partial charge in [0, 0.05) is 65.3 Å². The smallest absolute Gasteiger partial charge is 0.236 e. The van der Waals surface area contributed by atoms with Crippen LogP contribution in [0.3, 0.4) is 0 Å². The Balaban J connectivity index is 1.43. The summed E-state index contributed by atoms with van der Waals surface area (Å²) < 4.78 is 2.12. The highest BCUT2D eigenvalue weighted by Crippen LogP contribution is 2.10. The Morgan fingerprint density at radius 2 is 1.81 bits per heavy atom. The van der Waals surface area contributed by atoms with Crippen LogP contribution in [0.15, 0.2) is 23.3 Å². The molecule has 3 heterocycles. The van der Waals surface area contributed by atoms with E-state index < -0.39 is 0 Å². The molecule has 144 valence electrons. The largest absolute Gasteiger partial charge is 0.353 e. The third kappa shape index (κ3) is 4.78. The van der Waals surface area contributed by atoms with Gasteiger partial charge < -0.3 is 19.7 Å². The van der Waals surface area contributed by atoms with Crippen molar-refractivity contribution in [3.63, 3.8) is 0 Å². The van der Waals surface area contributed by atoms with Crippen molar-refractivity contribution in [2.75, 3.05) is 52.9 Å². The van der Waals surface area contributed by atoms with Crippen molar-refractivity contribution in [2.24, 2.45) is 12.0 Å². The van der Waals surface area contributed by atoms with Crippen molar-refractivity contribution in [3.05, 3.63) is 24.0 Å². The molecule has 2 aliphatic rings. The molecule has 26 heavy (non-hydrogen) atoms. The van der Waals surface area contributed by atoms with Crippen molar-refractivity contribution in [3.8, 4) is 0 Å². The Labute approximate surface area is 156 Å². The standard InChI is InChI=1S/C19H32N6O/c1-20-19(21-15-17-7-6-8-22(17)2)25-13-11-23(12-14-25)16-18(26)24-9-4-3-5-10-24/h6-8H,3-5,9-16H2,1-2H3,(H,20,21). The van der Waals surface area contributed by atoms with Gasteiger partial charge in [0.1, 0.15) is 0 Å². The highest BCUT2D eigenvalue weighted by molar-refractivity contribution is 5.80. The molecule has 0 saturated carbocycles. The minimum Gasteiger partial charge on any atom is -0.353 e. The molecular formula is C19H32N6O. The Morgan fingerprint density at radius 1 is 1.08 bits per heavy atom. The molecule has 2 saturated heterocycles. The summed E-state index contributed by atoms with van der Waals surface area (Å²) in [5, 5.41) is 3.45. The first kappa shape index (κ1) is 18.8. The Morgan fingerprint density at radius 3 is 2.42 bits per heavy atom. The normalized spacial score (nSPS) is 19.7. The van der Waals surface area contributed by atoms with E-state index in [1.54, 1.807) is 0 Å². The summed E-state index contributed by atoms with van der Waals surface area (Å²) in [5.41, 5.74) is 1.23. The lowest BCUT2D eigenvalue weighted by Crippen LogP contribution is -2.54. The molecule has 7 nitrogen and oxygen atoms in total. The second-order valence-corrected chi connectivity index (χ2v) is 7.22. The lowest BCUT2D eigenvalue weighted by Gasteiger charge is -2.37. The van der Waals surface area contributed by atoms with Gasteiger partial charge in [-0.3, -0.25) is 14.7 Å². The molecule has 1 aromatic rings. The lowest BCUT2D eigenvalue weighted by molar-refractivity contribution is -0.133. The van der Waals surface area contributed by atoms with Gasteiger partial charge in [0.2, 0.25) is 5.91 Å².